The molecule has 2 heterocycles. The second kappa shape index (κ2) is 7.29. The van der Waals surface area contributed by atoms with Gasteiger partial charge in [0.25, 0.3) is 5.91 Å². The highest BCUT2D eigenvalue weighted by Crippen LogP contribution is 2.30. The SMILES string of the molecule is CC1CCCCN1S(=O)(=O)c1cccc(C(=O)N2CCC(C)(CN)C2)c1. The van der Waals surface area contributed by atoms with Gasteiger partial charge in [0, 0.05) is 31.2 Å². The summed E-state index contributed by atoms with van der Waals surface area (Å²) in [5.74, 6) is -0.120. The van der Waals surface area contributed by atoms with E-state index < -0.39 is 10.0 Å². The zero-order chi connectivity index (χ0) is 18.9. The topological polar surface area (TPSA) is 83.7 Å². The normalized spacial score (nSPS) is 27.7. The van der Waals surface area contributed by atoms with Gasteiger partial charge in [-0.3, -0.25) is 4.79 Å². The summed E-state index contributed by atoms with van der Waals surface area (Å²) in [7, 11) is -3.58. The molecule has 0 aliphatic carbocycles. The van der Waals surface area contributed by atoms with Gasteiger partial charge in [0.15, 0.2) is 0 Å². The van der Waals surface area contributed by atoms with Crippen LogP contribution in [0.3, 0.4) is 0 Å². The maximum absolute atomic E-state index is 13.0. The fraction of sp³-hybridized carbons (Fsp3) is 0.632. The molecule has 0 radical (unpaired) electrons. The monoisotopic (exact) mass is 379 g/mol. The molecule has 2 unspecified atom stereocenters. The lowest BCUT2D eigenvalue weighted by molar-refractivity contribution is 0.0776. The fourth-order valence-corrected chi connectivity index (χ4v) is 5.65. The molecule has 0 bridgehead atoms. The molecule has 1 aromatic carbocycles. The Kier molecular flexibility index (Phi) is 5.42. The van der Waals surface area contributed by atoms with Crippen LogP contribution >= 0.6 is 0 Å². The van der Waals surface area contributed by atoms with E-state index in [9.17, 15) is 13.2 Å². The Morgan fingerprint density at radius 2 is 2.08 bits per heavy atom. The van der Waals surface area contributed by atoms with Crippen molar-refractivity contribution in [3.8, 4) is 0 Å². The number of likely N-dealkylation sites (tertiary alicyclic amines) is 1. The molecule has 2 N–H and O–H groups in total. The van der Waals surface area contributed by atoms with E-state index in [1.54, 1.807) is 27.4 Å². The minimum absolute atomic E-state index is 0.00282. The molecule has 2 fully saturated rings. The number of piperidine rings is 1. The van der Waals surface area contributed by atoms with Gasteiger partial charge in [-0.15, -0.1) is 0 Å². The van der Waals surface area contributed by atoms with Crippen LogP contribution in [-0.2, 0) is 10.0 Å². The van der Waals surface area contributed by atoms with Crippen LogP contribution in [0.25, 0.3) is 0 Å². The second-order valence-electron chi connectivity index (χ2n) is 7.98. The number of carbonyl (C=O) groups excluding carboxylic acids is 1. The predicted octanol–water partition coefficient (Wildman–Crippen LogP) is 2.06. The van der Waals surface area contributed by atoms with Crippen molar-refractivity contribution in [3.63, 3.8) is 0 Å². The fourth-order valence-electron chi connectivity index (χ4n) is 3.90. The van der Waals surface area contributed by atoms with Crippen LogP contribution in [-0.4, -0.2) is 55.8 Å². The number of benzene rings is 1. The zero-order valence-electron chi connectivity index (χ0n) is 15.6. The number of nitrogens with two attached hydrogens (primary N) is 1. The van der Waals surface area contributed by atoms with Crippen molar-refractivity contribution in [2.45, 2.75) is 50.5 Å². The largest absolute Gasteiger partial charge is 0.338 e. The summed E-state index contributed by atoms with van der Waals surface area (Å²) in [6, 6.07) is 6.46. The van der Waals surface area contributed by atoms with Crippen LogP contribution in [0.5, 0.6) is 0 Å². The number of rotatable bonds is 4. The molecule has 2 aliphatic rings. The summed E-state index contributed by atoms with van der Waals surface area (Å²) in [5.41, 5.74) is 6.20. The molecular formula is C19H29N3O3S. The molecule has 0 saturated carbocycles. The van der Waals surface area contributed by atoms with Gasteiger partial charge in [0.2, 0.25) is 10.0 Å². The average Bonchev–Trinajstić information content (AvgIpc) is 3.04. The summed E-state index contributed by atoms with van der Waals surface area (Å²) >= 11 is 0. The molecule has 2 saturated heterocycles. The van der Waals surface area contributed by atoms with Crippen molar-refractivity contribution >= 4 is 15.9 Å². The number of sulfonamides is 1. The summed E-state index contributed by atoms with van der Waals surface area (Å²) in [6.45, 7) is 6.39. The standard InChI is InChI=1S/C19H29N3O3S/c1-15-6-3-4-10-22(15)26(24,25)17-8-5-7-16(12-17)18(23)21-11-9-19(2,13-20)14-21/h5,7-8,12,15H,3-4,6,9-11,13-14,20H2,1-2H3. The molecule has 1 amide bonds. The van der Waals surface area contributed by atoms with Crippen molar-refractivity contribution in [1.29, 1.82) is 0 Å². The van der Waals surface area contributed by atoms with Gasteiger partial charge in [-0.05, 0) is 56.3 Å². The van der Waals surface area contributed by atoms with E-state index in [0.717, 1.165) is 25.7 Å². The van der Waals surface area contributed by atoms with Crippen molar-refractivity contribution in [2.75, 3.05) is 26.2 Å². The number of hydrogen-bond acceptors (Lipinski definition) is 4. The Labute approximate surface area is 156 Å². The zero-order valence-corrected chi connectivity index (χ0v) is 16.5. The first-order valence-corrected chi connectivity index (χ1v) is 10.8. The number of nitrogens with zero attached hydrogens (tertiary/aromatic N) is 2. The van der Waals surface area contributed by atoms with E-state index >= 15 is 0 Å². The van der Waals surface area contributed by atoms with E-state index in [1.807, 2.05) is 6.92 Å². The third kappa shape index (κ3) is 3.66. The second-order valence-corrected chi connectivity index (χ2v) is 9.87. The third-order valence-corrected chi connectivity index (χ3v) is 7.78. The van der Waals surface area contributed by atoms with Crippen LogP contribution in [0, 0.1) is 5.41 Å². The van der Waals surface area contributed by atoms with Gasteiger partial charge in [-0.25, -0.2) is 8.42 Å². The summed E-state index contributed by atoms with van der Waals surface area (Å²) in [6.07, 6.45) is 3.69. The maximum Gasteiger partial charge on any atom is 0.253 e. The summed E-state index contributed by atoms with van der Waals surface area (Å²) in [4.78, 5) is 14.8. The first kappa shape index (κ1) is 19.3. The lowest BCUT2D eigenvalue weighted by Crippen LogP contribution is -2.42. The Morgan fingerprint density at radius 1 is 1.31 bits per heavy atom. The predicted molar refractivity (Wildman–Crippen MR) is 101 cm³/mol. The quantitative estimate of drug-likeness (QED) is 0.868. The summed E-state index contributed by atoms with van der Waals surface area (Å²) in [5, 5.41) is 0. The van der Waals surface area contributed by atoms with Gasteiger partial charge < -0.3 is 10.6 Å². The number of hydrogen-bond donors (Lipinski definition) is 1. The molecule has 26 heavy (non-hydrogen) atoms. The minimum atomic E-state index is -3.58. The van der Waals surface area contributed by atoms with Crippen molar-refractivity contribution in [1.82, 2.24) is 9.21 Å². The molecule has 0 aromatic heterocycles. The Balaban J connectivity index is 1.83. The van der Waals surface area contributed by atoms with Gasteiger partial charge >= 0.3 is 0 Å². The molecule has 3 rings (SSSR count). The lowest BCUT2D eigenvalue weighted by atomic mass is 9.90. The Hall–Kier alpha value is -1.44. The highest BCUT2D eigenvalue weighted by atomic mass is 32.2. The number of amides is 1. The van der Waals surface area contributed by atoms with Crippen LogP contribution in [0.2, 0.25) is 0 Å². The Bertz CT molecular complexity index is 780. The molecule has 144 valence electrons. The van der Waals surface area contributed by atoms with Crippen LogP contribution in [0.4, 0.5) is 0 Å². The molecular weight excluding hydrogens is 350 g/mol. The third-order valence-electron chi connectivity index (χ3n) is 5.77. The first-order valence-electron chi connectivity index (χ1n) is 9.38. The van der Waals surface area contributed by atoms with E-state index in [0.29, 0.717) is 31.7 Å². The van der Waals surface area contributed by atoms with Gasteiger partial charge in [0.1, 0.15) is 0 Å². The molecule has 0 spiro atoms. The van der Waals surface area contributed by atoms with Gasteiger partial charge in [0.05, 0.1) is 4.90 Å². The number of carbonyl (C=O) groups is 1. The smallest absolute Gasteiger partial charge is 0.253 e. The highest BCUT2D eigenvalue weighted by Gasteiger charge is 2.36. The van der Waals surface area contributed by atoms with Gasteiger partial charge in [-0.2, -0.15) is 4.31 Å². The van der Waals surface area contributed by atoms with Crippen molar-refractivity contribution in [2.24, 2.45) is 11.1 Å². The van der Waals surface area contributed by atoms with Crippen LogP contribution in [0.1, 0.15) is 49.9 Å². The summed E-state index contributed by atoms with van der Waals surface area (Å²) < 4.78 is 27.6. The van der Waals surface area contributed by atoms with Crippen molar-refractivity contribution in [3.05, 3.63) is 29.8 Å². The highest BCUT2D eigenvalue weighted by molar-refractivity contribution is 7.89. The van der Waals surface area contributed by atoms with Gasteiger partial charge in [-0.1, -0.05) is 19.4 Å². The lowest BCUT2D eigenvalue weighted by Gasteiger charge is -2.32. The van der Waals surface area contributed by atoms with Crippen molar-refractivity contribution < 1.29 is 13.2 Å². The average molecular weight is 380 g/mol. The van der Waals surface area contributed by atoms with E-state index in [2.05, 4.69) is 6.92 Å². The molecule has 6 nitrogen and oxygen atoms in total. The first-order chi connectivity index (χ1) is 12.3. The van der Waals surface area contributed by atoms with E-state index in [1.165, 1.54) is 6.07 Å². The van der Waals surface area contributed by atoms with Crippen LogP contribution < -0.4 is 5.73 Å². The Morgan fingerprint density at radius 3 is 2.73 bits per heavy atom. The molecule has 1 aromatic rings. The maximum atomic E-state index is 13.0. The van der Waals surface area contributed by atoms with Crippen LogP contribution in [0.15, 0.2) is 29.2 Å². The molecule has 2 aliphatic heterocycles. The van der Waals surface area contributed by atoms with E-state index in [-0.39, 0.29) is 22.3 Å². The molecule has 7 heteroatoms. The molecule has 2 atom stereocenters. The minimum Gasteiger partial charge on any atom is -0.338 e. The van der Waals surface area contributed by atoms with E-state index in [4.69, 9.17) is 5.73 Å².